The monoisotopic (exact) mass is 672 g/mol. The molecule has 2 unspecified atom stereocenters. The van der Waals surface area contributed by atoms with Gasteiger partial charge in [-0.2, -0.15) is 0 Å². The van der Waals surface area contributed by atoms with Gasteiger partial charge in [0.05, 0.1) is 18.6 Å². The molecule has 51 heavy (non-hydrogen) atoms. The number of rotatable bonds is 11. The van der Waals surface area contributed by atoms with E-state index in [1.807, 2.05) is 0 Å². The fraction of sp³-hybridized carbons (Fsp3) is 0.306. The third kappa shape index (κ3) is 6.35. The molecule has 0 aliphatic heterocycles. The van der Waals surface area contributed by atoms with Crippen LogP contribution in [0.1, 0.15) is 85.0 Å². The summed E-state index contributed by atoms with van der Waals surface area (Å²) in [5, 5.41) is 2.21. The van der Waals surface area contributed by atoms with Crippen LogP contribution < -0.4 is 9.47 Å². The summed E-state index contributed by atoms with van der Waals surface area (Å²) in [4.78, 5) is 0. The molecule has 1 aliphatic carbocycles. The number of hydrogen-bond acceptors (Lipinski definition) is 2. The lowest BCUT2D eigenvalue weighted by molar-refractivity contribution is 0.257. The van der Waals surface area contributed by atoms with Gasteiger partial charge in [0.15, 0.2) is 0 Å². The summed E-state index contributed by atoms with van der Waals surface area (Å²) in [6, 6.07) is 41.4. The fourth-order valence-electron chi connectivity index (χ4n) is 7.80. The zero-order valence-electron chi connectivity index (χ0n) is 31.7. The highest BCUT2D eigenvalue weighted by atomic mass is 16.5. The molecule has 0 saturated heterocycles. The Kier molecular flexibility index (Phi) is 9.55. The smallest absolute Gasteiger partial charge is 0.127 e. The first-order chi connectivity index (χ1) is 24.6. The summed E-state index contributed by atoms with van der Waals surface area (Å²) in [5.41, 5.74) is 14.6. The van der Waals surface area contributed by atoms with Gasteiger partial charge in [0.1, 0.15) is 11.5 Å². The molecule has 0 aromatic heterocycles. The fourth-order valence-corrected chi connectivity index (χ4v) is 7.80. The van der Waals surface area contributed by atoms with Gasteiger partial charge in [-0.1, -0.05) is 136 Å². The summed E-state index contributed by atoms with van der Waals surface area (Å²) in [7, 11) is 0. The highest BCUT2D eigenvalue weighted by Crippen LogP contribution is 2.57. The molecule has 2 nitrogen and oxygen atoms in total. The Morgan fingerprint density at radius 2 is 1.02 bits per heavy atom. The Labute approximate surface area is 305 Å². The van der Waals surface area contributed by atoms with E-state index in [-0.39, 0.29) is 0 Å². The van der Waals surface area contributed by atoms with Crippen LogP contribution >= 0.6 is 0 Å². The van der Waals surface area contributed by atoms with Crippen LogP contribution in [0, 0.1) is 39.5 Å². The zero-order chi connectivity index (χ0) is 35.9. The summed E-state index contributed by atoms with van der Waals surface area (Å²) >= 11 is 0. The van der Waals surface area contributed by atoms with Crippen molar-refractivity contribution >= 4 is 10.8 Å². The van der Waals surface area contributed by atoms with E-state index in [1.165, 1.54) is 61.2 Å². The van der Waals surface area contributed by atoms with Crippen molar-refractivity contribution in [1.29, 1.82) is 0 Å². The molecule has 0 saturated carbocycles. The van der Waals surface area contributed by atoms with Gasteiger partial charge in [0.2, 0.25) is 0 Å². The molecular weight excluding hydrogens is 621 g/mol. The van der Waals surface area contributed by atoms with Crippen LogP contribution in [-0.4, -0.2) is 13.2 Å². The molecule has 2 atom stereocenters. The van der Waals surface area contributed by atoms with Crippen molar-refractivity contribution in [2.75, 3.05) is 13.2 Å². The van der Waals surface area contributed by atoms with Crippen LogP contribution in [-0.2, 0) is 5.41 Å². The molecule has 260 valence electrons. The van der Waals surface area contributed by atoms with Gasteiger partial charge in [-0.3, -0.25) is 0 Å². The van der Waals surface area contributed by atoms with Crippen LogP contribution in [0.4, 0.5) is 0 Å². The van der Waals surface area contributed by atoms with Gasteiger partial charge in [-0.15, -0.1) is 0 Å². The van der Waals surface area contributed by atoms with E-state index >= 15 is 0 Å². The van der Waals surface area contributed by atoms with E-state index in [1.54, 1.807) is 0 Å². The first-order valence-corrected chi connectivity index (χ1v) is 18.9. The third-order valence-electron chi connectivity index (χ3n) is 11.1. The molecule has 1 aliphatic rings. The van der Waals surface area contributed by atoms with Gasteiger partial charge in [0, 0.05) is 10.8 Å². The molecule has 0 bridgehead atoms. The number of aryl methyl sites for hydroxylation is 4. The Morgan fingerprint density at radius 3 is 1.61 bits per heavy atom. The quantitative estimate of drug-likeness (QED) is 0.136. The molecule has 0 amide bonds. The first kappa shape index (κ1) is 34.6. The summed E-state index contributed by atoms with van der Waals surface area (Å²) in [6.45, 7) is 19.1. The van der Waals surface area contributed by atoms with Gasteiger partial charge < -0.3 is 9.47 Å². The number of ether oxygens (including phenoxy) is 2. The molecule has 7 rings (SSSR count). The van der Waals surface area contributed by atoms with Crippen LogP contribution in [0.25, 0.3) is 33.0 Å². The maximum absolute atomic E-state index is 6.70. The highest BCUT2D eigenvalue weighted by Gasteiger charge is 2.46. The topological polar surface area (TPSA) is 18.5 Å². The van der Waals surface area contributed by atoms with Crippen LogP contribution in [0.2, 0.25) is 0 Å². The molecule has 0 radical (unpaired) electrons. The van der Waals surface area contributed by atoms with Crippen molar-refractivity contribution in [3.05, 3.63) is 154 Å². The third-order valence-corrected chi connectivity index (χ3v) is 11.1. The lowest BCUT2D eigenvalue weighted by Gasteiger charge is -2.34. The number of benzene rings is 6. The van der Waals surface area contributed by atoms with Crippen LogP contribution in [0.3, 0.4) is 0 Å². The molecule has 2 heteroatoms. The SMILES string of the molecule is CCC(C)COc1cc(-c2ccc3c(c2)C(c2cccc(C)c2)(c2cccc(C)c2)c2cc(C)ccc2-3)cc2c(OCC(C)CC)cc(C)cc12. The largest absolute Gasteiger partial charge is 0.493 e. The molecule has 6 aromatic rings. The van der Waals surface area contributed by atoms with E-state index in [9.17, 15) is 0 Å². The van der Waals surface area contributed by atoms with Crippen molar-refractivity contribution in [2.45, 2.75) is 73.6 Å². The maximum atomic E-state index is 6.70. The molecule has 0 fully saturated rings. The lowest BCUT2D eigenvalue weighted by Crippen LogP contribution is -2.29. The van der Waals surface area contributed by atoms with Gasteiger partial charge in [0.25, 0.3) is 0 Å². The minimum atomic E-state index is -0.473. The normalized spacial score (nSPS) is 14.2. The summed E-state index contributed by atoms with van der Waals surface area (Å²) in [5.74, 6) is 2.78. The molecule has 6 aromatic carbocycles. The Balaban J connectivity index is 1.50. The van der Waals surface area contributed by atoms with Crippen molar-refractivity contribution in [1.82, 2.24) is 0 Å². The van der Waals surface area contributed by atoms with Crippen molar-refractivity contribution in [3.8, 4) is 33.8 Å². The summed E-state index contributed by atoms with van der Waals surface area (Å²) in [6.07, 6.45) is 2.16. The van der Waals surface area contributed by atoms with Crippen molar-refractivity contribution in [2.24, 2.45) is 11.8 Å². The molecular formula is C49H52O2. The maximum Gasteiger partial charge on any atom is 0.127 e. The second kappa shape index (κ2) is 14.1. The average molecular weight is 673 g/mol. The van der Waals surface area contributed by atoms with Crippen molar-refractivity contribution in [3.63, 3.8) is 0 Å². The standard InChI is InChI=1S/C49H52O2/c1-9-31(3)29-50-47-25-36(8)23-43-44(47)26-38(28-48(43)51-30-32(4)10-2)37-18-20-42-41-19-17-35(7)24-45(41)49(46(42)27-37,39-15-11-13-33(5)21-39)40-16-12-14-34(6)22-40/h11-28,31-32H,9-10,29-30H2,1-8H3. The van der Waals surface area contributed by atoms with Crippen molar-refractivity contribution < 1.29 is 9.47 Å². The molecule has 0 heterocycles. The lowest BCUT2D eigenvalue weighted by atomic mass is 9.67. The Hall–Kier alpha value is -4.82. The average Bonchev–Trinajstić information content (AvgIpc) is 3.41. The highest BCUT2D eigenvalue weighted by molar-refractivity contribution is 5.98. The molecule has 0 N–H and O–H groups in total. The second-order valence-corrected chi connectivity index (χ2v) is 15.3. The van der Waals surface area contributed by atoms with E-state index in [0.717, 1.165) is 40.7 Å². The predicted octanol–water partition coefficient (Wildman–Crippen LogP) is 13.0. The van der Waals surface area contributed by atoms with E-state index in [0.29, 0.717) is 25.0 Å². The van der Waals surface area contributed by atoms with Crippen LogP contribution in [0.15, 0.2) is 109 Å². The minimum Gasteiger partial charge on any atom is -0.493 e. The first-order valence-electron chi connectivity index (χ1n) is 18.9. The number of fused-ring (bicyclic) bond motifs is 4. The van der Waals surface area contributed by atoms with E-state index < -0.39 is 5.41 Å². The van der Waals surface area contributed by atoms with E-state index in [2.05, 4.69) is 165 Å². The predicted molar refractivity (Wildman–Crippen MR) is 216 cm³/mol. The summed E-state index contributed by atoms with van der Waals surface area (Å²) < 4.78 is 13.3. The van der Waals surface area contributed by atoms with Gasteiger partial charge in [-0.25, -0.2) is 0 Å². The Bertz CT molecular complexity index is 2180. The zero-order valence-corrected chi connectivity index (χ0v) is 31.7. The second-order valence-electron chi connectivity index (χ2n) is 15.3. The van der Waals surface area contributed by atoms with Gasteiger partial charge in [-0.05, 0) is 120 Å². The Morgan fingerprint density at radius 1 is 0.490 bits per heavy atom. The van der Waals surface area contributed by atoms with Crippen LogP contribution in [0.5, 0.6) is 11.5 Å². The van der Waals surface area contributed by atoms with E-state index in [4.69, 9.17) is 9.47 Å². The van der Waals surface area contributed by atoms with Gasteiger partial charge >= 0.3 is 0 Å². The number of hydrogen-bond donors (Lipinski definition) is 0. The minimum absolute atomic E-state index is 0.459. The molecule has 0 spiro atoms.